The predicted octanol–water partition coefficient (Wildman–Crippen LogP) is 2.18. The molecule has 108 valence electrons. The van der Waals surface area contributed by atoms with E-state index in [1.165, 1.54) is 24.7 Å². The summed E-state index contributed by atoms with van der Waals surface area (Å²) in [4.78, 5) is 8.40. The zero-order valence-electron chi connectivity index (χ0n) is 11.3. The van der Waals surface area contributed by atoms with Crippen LogP contribution in [0, 0.1) is 6.92 Å². The van der Waals surface area contributed by atoms with Crippen LogP contribution in [0.3, 0.4) is 0 Å². The van der Waals surface area contributed by atoms with Gasteiger partial charge in [-0.25, -0.2) is 23.1 Å². The van der Waals surface area contributed by atoms with Crippen LogP contribution in [0.5, 0.6) is 0 Å². The van der Waals surface area contributed by atoms with E-state index in [-0.39, 0.29) is 4.90 Å². The summed E-state index contributed by atoms with van der Waals surface area (Å²) in [7, 11) is -3.22. The van der Waals surface area contributed by atoms with Crippen molar-refractivity contribution in [1.82, 2.24) is 19.7 Å². The average molecular weight is 323 g/mol. The fourth-order valence-corrected chi connectivity index (χ4v) is 2.98. The lowest BCUT2D eigenvalue weighted by Crippen LogP contribution is -2.00. The molecule has 0 fully saturated rings. The summed E-state index contributed by atoms with van der Waals surface area (Å²) in [6, 6.07) is 6.43. The number of nitrogens with zero attached hydrogens (tertiary/aromatic N) is 4. The van der Waals surface area contributed by atoms with Gasteiger partial charge in [0.15, 0.2) is 15.5 Å². The Morgan fingerprint density at radius 3 is 2.43 bits per heavy atom. The van der Waals surface area contributed by atoms with Crippen molar-refractivity contribution in [2.45, 2.75) is 11.8 Å². The van der Waals surface area contributed by atoms with E-state index in [0.717, 1.165) is 0 Å². The Bertz CT molecular complexity index is 933. The maximum Gasteiger partial charge on any atom is 0.175 e. The van der Waals surface area contributed by atoms with Gasteiger partial charge in [-0.2, -0.15) is 5.10 Å². The SMILES string of the molecule is Cc1nn(-c2ccc(S(C)(=O)=O)cc2)c2ncnc(Cl)c12. The Hall–Kier alpha value is -1.99. The topological polar surface area (TPSA) is 77.7 Å². The molecule has 8 heteroatoms. The molecule has 0 aliphatic carbocycles. The predicted molar refractivity (Wildman–Crippen MR) is 79.5 cm³/mol. The van der Waals surface area contributed by atoms with E-state index in [2.05, 4.69) is 15.1 Å². The van der Waals surface area contributed by atoms with Gasteiger partial charge in [-0.15, -0.1) is 0 Å². The second-order valence-electron chi connectivity index (χ2n) is 4.63. The van der Waals surface area contributed by atoms with Gasteiger partial charge in [0.2, 0.25) is 0 Å². The molecule has 0 aliphatic rings. The van der Waals surface area contributed by atoms with Crippen LogP contribution in [0.2, 0.25) is 5.15 Å². The highest BCUT2D eigenvalue weighted by Crippen LogP contribution is 2.25. The molecule has 0 bridgehead atoms. The van der Waals surface area contributed by atoms with Crippen LogP contribution in [0.4, 0.5) is 0 Å². The fourth-order valence-electron chi connectivity index (χ4n) is 2.09. The lowest BCUT2D eigenvalue weighted by molar-refractivity contribution is 0.602. The number of sulfone groups is 1. The standard InChI is InChI=1S/C13H11ClN4O2S/c1-8-11-12(14)15-7-16-13(11)18(17-8)9-3-5-10(6-4-9)21(2,19)20/h3-7H,1-2H3. The van der Waals surface area contributed by atoms with Crippen molar-refractivity contribution in [1.29, 1.82) is 0 Å². The monoisotopic (exact) mass is 322 g/mol. The minimum Gasteiger partial charge on any atom is -0.224 e. The third-order valence-corrected chi connectivity index (χ3v) is 4.52. The first-order chi connectivity index (χ1) is 9.88. The third-order valence-electron chi connectivity index (χ3n) is 3.10. The van der Waals surface area contributed by atoms with Crippen LogP contribution in [-0.2, 0) is 9.84 Å². The zero-order valence-corrected chi connectivity index (χ0v) is 12.9. The van der Waals surface area contributed by atoms with Crippen LogP contribution < -0.4 is 0 Å². The fraction of sp³-hybridized carbons (Fsp3) is 0.154. The van der Waals surface area contributed by atoms with Gasteiger partial charge in [0, 0.05) is 6.26 Å². The normalized spacial score (nSPS) is 12.0. The number of hydrogen-bond donors (Lipinski definition) is 0. The van der Waals surface area contributed by atoms with Gasteiger partial charge in [0.1, 0.15) is 11.5 Å². The average Bonchev–Trinajstić information content (AvgIpc) is 2.77. The summed E-state index contributed by atoms with van der Waals surface area (Å²) in [5.41, 5.74) is 2.00. The number of benzene rings is 1. The van der Waals surface area contributed by atoms with E-state index in [1.807, 2.05) is 6.92 Å². The van der Waals surface area contributed by atoms with E-state index in [1.54, 1.807) is 16.8 Å². The summed E-state index contributed by atoms with van der Waals surface area (Å²) in [6.45, 7) is 1.82. The van der Waals surface area contributed by atoms with E-state index in [9.17, 15) is 8.42 Å². The van der Waals surface area contributed by atoms with Gasteiger partial charge < -0.3 is 0 Å². The van der Waals surface area contributed by atoms with Crippen molar-refractivity contribution in [3.63, 3.8) is 0 Å². The van der Waals surface area contributed by atoms with Gasteiger partial charge >= 0.3 is 0 Å². The highest BCUT2D eigenvalue weighted by atomic mass is 35.5. The molecule has 0 saturated heterocycles. The molecule has 2 heterocycles. The molecule has 0 spiro atoms. The summed E-state index contributed by atoms with van der Waals surface area (Å²) in [5, 5.41) is 5.42. The molecule has 0 atom stereocenters. The van der Waals surface area contributed by atoms with Crippen LogP contribution in [0.15, 0.2) is 35.5 Å². The van der Waals surface area contributed by atoms with Gasteiger partial charge in [0.05, 0.1) is 21.7 Å². The molecular weight excluding hydrogens is 312 g/mol. The quantitative estimate of drug-likeness (QED) is 0.676. The van der Waals surface area contributed by atoms with Gasteiger partial charge in [-0.1, -0.05) is 11.6 Å². The molecule has 1 aromatic carbocycles. The Balaban J connectivity index is 2.20. The Morgan fingerprint density at radius 1 is 1.14 bits per heavy atom. The molecule has 21 heavy (non-hydrogen) atoms. The van der Waals surface area contributed by atoms with Crippen LogP contribution in [0.1, 0.15) is 5.69 Å². The summed E-state index contributed by atoms with van der Waals surface area (Å²) >= 11 is 6.06. The Kier molecular flexibility index (Phi) is 3.18. The largest absolute Gasteiger partial charge is 0.224 e. The first-order valence-corrected chi connectivity index (χ1v) is 8.31. The maximum absolute atomic E-state index is 11.5. The number of hydrogen-bond acceptors (Lipinski definition) is 5. The minimum absolute atomic E-state index is 0.257. The third kappa shape index (κ3) is 2.38. The molecular formula is C13H11ClN4O2S. The second-order valence-corrected chi connectivity index (χ2v) is 7.00. The first kappa shape index (κ1) is 14.0. The lowest BCUT2D eigenvalue weighted by Gasteiger charge is -2.04. The van der Waals surface area contributed by atoms with Gasteiger partial charge in [-0.3, -0.25) is 0 Å². The summed E-state index contributed by atoms with van der Waals surface area (Å²) in [5.74, 6) is 0. The first-order valence-electron chi connectivity index (χ1n) is 6.04. The molecule has 0 unspecified atom stereocenters. The zero-order chi connectivity index (χ0) is 15.2. The highest BCUT2D eigenvalue weighted by molar-refractivity contribution is 7.90. The molecule has 3 aromatic rings. The smallest absolute Gasteiger partial charge is 0.175 e. The number of fused-ring (bicyclic) bond motifs is 1. The van der Waals surface area contributed by atoms with Crippen LogP contribution in [0.25, 0.3) is 16.7 Å². The van der Waals surface area contributed by atoms with Crippen LogP contribution >= 0.6 is 11.6 Å². The molecule has 0 radical (unpaired) electrons. The Labute approximate surface area is 126 Å². The molecule has 0 aliphatic heterocycles. The Morgan fingerprint density at radius 2 is 1.81 bits per heavy atom. The van der Waals surface area contributed by atoms with E-state index in [4.69, 9.17) is 11.6 Å². The van der Waals surface area contributed by atoms with Gasteiger partial charge in [0.25, 0.3) is 0 Å². The number of aromatic nitrogens is 4. The number of halogens is 1. The maximum atomic E-state index is 11.5. The molecule has 6 nitrogen and oxygen atoms in total. The molecule has 2 aromatic heterocycles. The molecule has 0 N–H and O–H groups in total. The van der Waals surface area contributed by atoms with E-state index >= 15 is 0 Å². The van der Waals surface area contributed by atoms with Crippen molar-refractivity contribution < 1.29 is 8.42 Å². The van der Waals surface area contributed by atoms with Crippen molar-refractivity contribution in [2.75, 3.05) is 6.26 Å². The highest BCUT2D eigenvalue weighted by Gasteiger charge is 2.14. The minimum atomic E-state index is -3.22. The second kappa shape index (κ2) is 4.78. The summed E-state index contributed by atoms with van der Waals surface area (Å²) in [6.07, 6.45) is 2.54. The van der Waals surface area contributed by atoms with E-state index < -0.39 is 9.84 Å². The van der Waals surface area contributed by atoms with Gasteiger partial charge in [-0.05, 0) is 31.2 Å². The molecule has 0 amide bonds. The van der Waals surface area contributed by atoms with Crippen LogP contribution in [-0.4, -0.2) is 34.4 Å². The lowest BCUT2D eigenvalue weighted by atomic mass is 10.3. The number of rotatable bonds is 2. The van der Waals surface area contributed by atoms with Crippen molar-refractivity contribution >= 4 is 32.5 Å². The van der Waals surface area contributed by atoms with Crippen molar-refractivity contribution in [3.05, 3.63) is 41.4 Å². The summed E-state index contributed by atoms with van der Waals surface area (Å²) < 4.78 is 24.6. The van der Waals surface area contributed by atoms with Crippen molar-refractivity contribution in [3.8, 4) is 5.69 Å². The van der Waals surface area contributed by atoms with Crippen molar-refractivity contribution in [2.24, 2.45) is 0 Å². The molecule has 3 rings (SSSR count). The van der Waals surface area contributed by atoms with E-state index in [0.29, 0.717) is 27.6 Å². The number of aryl methyl sites for hydroxylation is 1. The molecule has 0 saturated carbocycles.